The topological polar surface area (TPSA) is 93.3 Å². The Bertz CT molecular complexity index is 593. The lowest BCUT2D eigenvalue weighted by atomic mass is 10.2. The maximum absolute atomic E-state index is 10.2. The van der Waals surface area contributed by atoms with Crippen LogP contribution in [0.25, 0.3) is 11.2 Å². The molecule has 2 N–H and O–H groups in total. The second-order valence-corrected chi connectivity index (χ2v) is 6.00. The van der Waals surface area contributed by atoms with Crippen molar-refractivity contribution in [2.45, 2.75) is 30.6 Å². The van der Waals surface area contributed by atoms with Crippen molar-refractivity contribution in [1.82, 2.24) is 19.5 Å². The molecule has 0 amide bonds. The molecule has 0 aromatic carbocycles. The molecule has 20 heavy (non-hydrogen) atoms. The third-order valence-electron chi connectivity index (χ3n) is 3.36. The van der Waals surface area contributed by atoms with Gasteiger partial charge in [-0.05, 0) is 5.75 Å². The first-order chi connectivity index (χ1) is 9.76. The van der Waals surface area contributed by atoms with E-state index in [2.05, 4.69) is 15.0 Å². The Hall–Kier alpha value is -1.22. The van der Waals surface area contributed by atoms with Crippen LogP contribution in [0.4, 0.5) is 0 Å². The van der Waals surface area contributed by atoms with E-state index in [4.69, 9.17) is 4.74 Å². The summed E-state index contributed by atoms with van der Waals surface area (Å²) in [5.74, 6) is 0.849. The summed E-state index contributed by atoms with van der Waals surface area (Å²) in [6.45, 7) is 1.81. The molecule has 0 spiro atoms. The molecular formula is C12H16N4O3S. The zero-order chi connectivity index (χ0) is 14.1. The predicted molar refractivity (Wildman–Crippen MR) is 74.2 cm³/mol. The van der Waals surface area contributed by atoms with Gasteiger partial charge in [0, 0.05) is 0 Å². The van der Waals surface area contributed by atoms with Crippen molar-refractivity contribution in [2.24, 2.45) is 0 Å². The lowest BCUT2D eigenvalue weighted by Gasteiger charge is -2.20. The molecule has 0 aliphatic carbocycles. The largest absolute Gasteiger partial charge is 0.394 e. The van der Waals surface area contributed by atoms with Crippen molar-refractivity contribution in [3.8, 4) is 0 Å². The lowest BCUT2D eigenvalue weighted by molar-refractivity contribution is -0.0430. The number of nitrogens with zero attached hydrogens (tertiary/aromatic N) is 4. The fourth-order valence-electron chi connectivity index (χ4n) is 2.44. The molecule has 8 heteroatoms. The van der Waals surface area contributed by atoms with Crippen molar-refractivity contribution in [3.05, 3.63) is 18.9 Å². The molecule has 3 rings (SSSR count). The smallest absolute Gasteiger partial charge is 0.165 e. The zero-order valence-corrected chi connectivity index (χ0v) is 11.8. The minimum atomic E-state index is -0.714. The molecule has 1 saturated heterocycles. The third kappa shape index (κ3) is 2.18. The number of aliphatic hydroxyl groups is 2. The van der Waals surface area contributed by atoms with Crippen LogP contribution in [-0.2, 0) is 4.74 Å². The first-order valence-electron chi connectivity index (χ1n) is 6.44. The highest BCUT2D eigenvalue weighted by molar-refractivity contribution is 7.99. The SMILES string of the molecule is CCSC1C(O)C(CO)OC1n1cnc2cncnc21. The zero-order valence-electron chi connectivity index (χ0n) is 11.0. The van der Waals surface area contributed by atoms with Crippen LogP contribution in [0, 0.1) is 0 Å². The van der Waals surface area contributed by atoms with Gasteiger partial charge in [-0.1, -0.05) is 6.92 Å². The summed E-state index contributed by atoms with van der Waals surface area (Å²) < 4.78 is 7.58. The fraction of sp³-hybridized carbons (Fsp3) is 0.583. The first kappa shape index (κ1) is 13.7. The number of ether oxygens (including phenoxy) is 1. The molecule has 0 saturated carbocycles. The van der Waals surface area contributed by atoms with Gasteiger partial charge in [0.25, 0.3) is 0 Å². The number of fused-ring (bicyclic) bond motifs is 1. The van der Waals surface area contributed by atoms with Gasteiger partial charge in [0.15, 0.2) is 11.9 Å². The highest BCUT2D eigenvalue weighted by Gasteiger charge is 2.44. The lowest BCUT2D eigenvalue weighted by Crippen LogP contribution is -2.31. The molecule has 1 fully saturated rings. The number of aliphatic hydroxyl groups excluding tert-OH is 2. The Morgan fingerprint density at radius 3 is 3.05 bits per heavy atom. The molecule has 2 aromatic heterocycles. The third-order valence-corrected chi connectivity index (χ3v) is 4.59. The monoisotopic (exact) mass is 296 g/mol. The molecule has 2 aromatic rings. The summed E-state index contributed by atoms with van der Waals surface area (Å²) >= 11 is 1.60. The van der Waals surface area contributed by atoms with Gasteiger partial charge in [-0.3, -0.25) is 4.57 Å². The maximum atomic E-state index is 10.2. The average molecular weight is 296 g/mol. The number of hydrogen-bond donors (Lipinski definition) is 2. The molecule has 7 nitrogen and oxygen atoms in total. The van der Waals surface area contributed by atoms with Gasteiger partial charge >= 0.3 is 0 Å². The second kappa shape index (κ2) is 5.65. The van der Waals surface area contributed by atoms with Gasteiger partial charge in [0.1, 0.15) is 17.9 Å². The van der Waals surface area contributed by atoms with Crippen LogP contribution in [0.15, 0.2) is 18.9 Å². The normalized spacial score (nSPS) is 30.1. The summed E-state index contributed by atoms with van der Waals surface area (Å²) in [6, 6.07) is 0. The van der Waals surface area contributed by atoms with E-state index in [1.807, 2.05) is 6.92 Å². The Morgan fingerprint density at radius 1 is 1.45 bits per heavy atom. The van der Waals surface area contributed by atoms with Crippen LogP contribution in [0.2, 0.25) is 0 Å². The van der Waals surface area contributed by atoms with Crippen molar-refractivity contribution >= 4 is 22.9 Å². The van der Waals surface area contributed by atoms with Gasteiger partial charge in [0.05, 0.1) is 30.5 Å². The van der Waals surface area contributed by atoms with Gasteiger partial charge < -0.3 is 14.9 Å². The number of rotatable bonds is 4. The average Bonchev–Trinajstić information content (AvgIpc) is 3.02. The molecule has 1 aliphatic rings. The van der Waals surface area contributed by atoms with Crippen LogP contribution in [0.5, 0.6) is 0 Å². The second-order valence-electron chi connectivity index (χ2n) is 4.54. The van der Waals surface area contributed by atoms with Crippen LogP contribution in [0.3, 0.4) is 0 Å². The quantitative estimate of drug-likeness (QED) is 0.832. The molecule has 4 atom stereocenters. The minimum Gasteiger partial charge on any atom is -0.394 e. The summed E-state index contributed by atoms with van der Waals surface area (Å²) in [4.78, 5) is 12.4. The van der Waals surface area contributed by atoms with E-state index in [1.165, 1.54) is 6.33 Å². The van der Waals surface area contributed by atoms with E-state index < -0.39 is 18.4 Å². The minimum absolute atomic E-state index is 0.162. The van der Waals surface area contributed by atoms with Gasteiger partial charge in [-0.2, -0.15) is 11.8 Å². The molecule has 0 radical (unpaired) electrons. The van der Waals surface area contributed by atoms with E-state index in [9.17, 15) is 10.2 Å². The molecule has 4 unspecified atom stereocenters. The molecule has 0 bridgehead atoms. The van der Waals surface area contributed by atoms with E-state index in [0.29, 0.717) is 11.2 Å². The molecule has 1 aliphatic heterocycles. The summed E-state index contributed by atoms with van der Waals surface area (Å²) in [6.07, 6.45) is 3.04. The van der Waals surface area contributed by atoms with E-state index >= 15 is 0 Å². The Morgan fingerprint density at radius 2 is 2.30 bits per heavy atom. The molecule has 3 heterocycles. The predicted octanol–water partition coefficient (Wildman–Crippen LogP) is 0.199. The fourth-order valence-corrected chi connectivity index (χ4v) is 3.55. The standard InChI is InChI=1S/C12H16N4O3S/c1-2-20-10-9(18)8(4-17)19-12(10)16-6-15-7-3-13-5-14-11(7)16/h3,5-6,8-10,12,17-18H,2,4H2,1H3. The van der Waals surface area contributed by atoms with Gasteiger partial charge in [-0.25, -0.2) is 15.0 Å². The van der Waals surface area contributed by atoms with Crippen LogP contribution < -0.4 is 0 Å². The molecular weight excluding hydrogens is 280 g/mol. The first-order valence-corrected chi connectivity index (χ1v) is 7.49. The van der Waals surface area contributed by atoms with Crippen LogP contribution in [-0.4, -0.2) is 59.5 Å². The maximum Gasteiger partial charge on any atom is 0.165 e. The van der Waals surface area contributed by atoms with Gasteiger partial charge in [-0.15, -0.1) is 0 Å². The Balaban J connectivity index is 1.98. The summed E-state index contributed by atoms with van der Waals surface area (Å²) in [5, 5.41) is 19.4. The Kier molecular flexibility index (Phi) is 3.88. The number of imidazole rings is 1. The van der Waals surface area contributed by atoms with Crippen molar-refractivity contribution in [1.29, 1.82) is 0 Å². The van der Waals surface area contributed by atoms with Gasteiger partial charge in [0.2, 0.25) is 0 Å². The van der Waals surface area contributed by atoms with Crippen molar-refractivity contribution < 1.29 is 14.9 Å². The number of hydrogen-bond acceptors (Lipinski definition) is 7. The number of aromatic nitrogens is 4. The van der Waals surface area contributed by atoms with E-state index in [-0.39, 0.29) is 11.9 Å². The van der Waals surface area contributed by atoms with Crippen LogP contribution in [0.1, 0.15) is 13.2 Å². The van der Waals surface area contributed by atoms with Crippen molar-refractivity contribution in [3.63, 3.8) is 0 Å². The molecule has 108 valence electrons. The van der Waals surface area contributed by atoms with E-state index in [1.54, 1.807) is 28.9 Å². The van der Waals surface area contributed by atoms with Crippen LogP contribution >= 0.6 is 11.8 Å². The summed E-state index contributed by atoms with van der Waals surface area (Å²) in [5.41, 5.74) is 1.34. The van der Waals surface area contributed by atoms with E-state index in [0.717, 1.165) is 5.75 Å². The number of thioether (sulfide) groups is 1. The highest BCUT2D eigenvalue weighted by atomic mass is 32.2. The Labute approximate surface area is 120 Å². The summed E-state index contributed by atoms with van der Waals surface area (Å²) in [7, 11) is 0. The highest BCUT2D eigenvalue weighted by Crippen LogP contribution is 2.38. The van der Waals surface area contributed by atoms with Crippen molar-refractivity contribution in [2.75, 3.05) is 12.4 Å².